The Morgan fingerprint density at radius 2 is 2.00 bits per heavy atom. The van der Waals surface area contributed by atoms with E-state index in [0.29, 0.717) is 5.92 Å². The maximum Gasteiger partial charge on any atom is 0.0621 e. The van der Waals surface area contributed by atoms with Crippen molar-refractivity contribution in [3.63, 3.8) is 0 Å². The van der Waals surface area contributed by atoms with Crippen LogP contribution in [0.25, 0.3) is 0 Å². The van der Waals surface area contributed by atoms with Gasteiger partial charge in [-0.05, 0) is 24.5 Å². The van der Waals surface area contributed by atoms with E-state index < -0.39 is 0 Å². The summed E-state index contributed by atoms with van der Waals surface area (Å²) in [6.07, 6.45) is 2.26. The number of nitrogens with zero attached hydrogens (tertiary/aromatic N) is 3. The van der Waals surface area contributed by atoms with Gasteiger partial charge in [0.1, 0.15) is 0 Å². The molecule has 0 saturated carbocycles. The highest BCUT2D eigenvalue weighted by atomic mass is 15.4. The largest absolute Gasteiger partial charge is 0.169 e. The average Bonchev–Trinajstić information content (AvgIpc) is 2.03. The van der Waals surface area contributed by atoms with Crippen LogP contribution in [0.2, 0.25) is 0 Å². The van der Waals surface area contributed by atoms with Gasteiger partial charge in [0.05, 0.1) is 6.54 Å². The monoisotopic (exact) mass is 169 g/mol. The fraction of sp³-hybridized carbons (Fsp3) is 0.889. The molecule has 0 fully saturated rings. The smallest absolute Gasteiger partial charge is 0.0621 e. The van der Waals surface area contributed by atoms with E-state index in [0.717, 1.165) is 25.1 Å². The van der Waals surface area contributed by atoms with Crippen molar-refractivity contribution in [2.24, 2.45) is 21.4 Å². The summed E-state index contributed by atoms with van der Waals surface area (Å²) in [5.74, 6) is 0.468. The zero-order valence-corrected chi connectivity index (χ0v) is 8.54. The Morgan fingerprint density at radius 3 is 2.50 bits per heavy atom. The molecular formula is C9H19N3. The first kappa shape index (κ1) is 11.3. The summed E-state index contributed by atoms with van der Waals surface area (Å²) in [5.41, 5.74) is 1.04. The molecule has 0 aromatic heterocycles. The zero-order valence-electron chi connectivity index (χ0n) is 8.54. The Labute approximate surface area is 75.0 Å². The van der Waals surface area contributed by atoms with Crippen molar-refractivity contribution in [2.75, 3.05) is 6.54 Å². The van der Waals surface area contributed by atoms with E-state index in [2.05, 4.69) is 36.2 Å². The SMILES string of the molecule is CCCCN=N/N=C(\C)C(C)C. The Bertz CT molecular complexity index is 159. The highest BCUT2D eigenvalue weighted by Gasteiger charge is 1.95. The van der Waals surface area contributed by atoms with E-state index in [1.54, 1.807) is 0 Å². The third-order valence-electron chi connectivity index (χ3n) is 1.71. The van der Waals surface area contributed by atoms with Crippen molar-refractivity contribution in [2.45, 2.75) is 40.5 Å². The summed E-state index contributed by atoms with van der Waals surface area (Å²) in [6, 6.07) is 0. The van der Waals surface area contributed by atoms with Crippen molar-refractivity contribution in [1.82, 2.24) is 0 Å². The Morgan fingerprint density at radius 1 is 1.33 bits per heavy atom. The summed E-state index contributed by atoms with van der Waals surface area (Å²) < 4.78 is 0. The second-order valence-corrected chi connectivity index (χ2v) is 3.20. The Hall–Kier alpha value is -0.730. The first-order valence-electron chi connectivity index (χ1n) is 4.59. The first-order chi connectivity index (χ1) is 5.68. The molecule has 0 unspecified atom stereocenters. The molecule has 3 nitrogen and oxygen atoms in total. The summed E-state index contributed by atoms with van der Waals surface area (Å²) in [7, 11) is 0. The molecule has 0 radical (unpaired) electrons. The Kier molecular flexibility index (Phi) is 6.53. The van der Waals surface area contributed by atoms with Crippen molar-refractivity contribution in [3.05, 3.63) is 0 Å². The van der Waals surface area contributed by atoms with Gasteiger partial charge in [-0.1, -0.05) is 27.2 Å². The molecule has 0 rings (SSSR count). The molecule has 0 aromatic rings. The lowest BCUT2D eigenvalue weighted by Gasteiger charge is -1.98. The summed E-state index contributed by atoms with van der Waals surface area (Å²) in [4.78, 5) is 0. The van der Waals surface area contributed by atoms with Gasteiger partial charge in [-0.3, -0.25) is 0 Å². The molecular weight excluding hydrogens is 150 g/mol. The van der Waals surface area contributed by atoms with Gasteiger partial charge in [0.2, 0.25) is 0 Å². The minimum Gasteiger partial charge on any atom is -0.169 e. The van der Waals surface area contributed by atoms with E-state index in [1.807, 2.05) is 6.92 Å². The molecule has 0 saturated heterocycles. The van der Waals surface area contributed by atoms with Gasteiger partial charge in [0.25, 0.3) is 0 Å². The van der Waals surface area contributed by atoms with Crippen LogP contribution in [0, 0.1) is 5.92 Å². The molecule has 0 aromatic carbocycles. The van der Waals surface area contributed by atoms with Gasteiger partial charge in [-0.15, -0.1) is 5.10 Å². The summed E-state index contributed by atoms with van der Waals surface area (Å²) in [5, 5.41) is 11.6. The van der Waals surface area contributed by atoms with Crippen LogP contribution in [-0.4, -0.2) is 12.3 Å². The van der Waals surface area contributed by atoms with Gasteiger partial charge in [-0.2, -0.15) is 5.11 Å². The molecule has 0 aliphatic rings. The highest BCUT2D eigenvalue weighted by molar-refractivity contribution is 5.83. The number of unbranched alkanes of at least 4 members (excludes halogenated alkanes) is 1. The lowest BCUT2D eigenvalue weighted by Crippen LogP contribution is -1.99. The third kappa shape index (κ3) is 6.01. The standard InChI is InChI=1S/C9H19N3/c1-5-6-7-10-12-11-9(4)8(2)3/h8H,5-7H2,1-4H3/b11-9+,12-10?. The molecule has 0 atom stereocenters. The van der Waals surface area contributed by atoms with E-state index in [-0.39, 0.29) is 0 Å². The lowest BCUT2D eigenvalue weighted by atomic mass is 10.1. The normalized spacial score (nSPS) is 13.2. The fourth-order valence-corrected chi connectivity index (χ4v) is 0.491. The zero-order chi connectivity index (χ0) is 9.40. The van der Waals surface area contributed by atoms with E-state index in [4.69, 9.17) is 0 Å². The summed E-state index contributed by atoms with van der Waals surface area (Å²) in [6.45, 7) is 9.10. The predicted octanol–water partition coefficient (Wildman–Crippen LogP) is 3.27. The molecule has 0 N–H and O–H groups in total. The number of hydrogen-bond donors (Lipinski definition) is 0. The van der Waals surface area contributed by atoms with Crippen LogP contribution in [0.1, 0.15) is 40.5 Å². The predicted molar refractivity (Wildman–Crippen MR) is 52.6 cm³/mol. The number of rotatable bonds is 5. The maximum absolute atomic E-state index is 3.97. The van der Waals surface area contributed by atoms with Crippen LogP contribution in [0.15, 0.2) is 15.4 Å². The third-order valence-corrected chi connectivity index (χ3v) is 1.71. The molecule has 3 heteroatoms. The summed E-state index contributed by atoms with van der Waals surface area (Å²) >= 11 is 0. The molecule has 12 heavy (non-hydrogen) atoms. The van der Waals surface area contributed by atoms with Gasteiger partial charge in [0, 0.05) is 5.71 Å². The lowest BCUT2D eigenvalue weighted by molar-refractivity contribution is 0.759. The van der Waals surface area contributed by atoms with E-state index in [1.165, 1.54) is 0 Å². The van der Waals surface area contributed by atoms with Crippen LogP contribution in [0.4, 0.5) is 0 Å². The van der Waals surface area contributed by atoms with Crippen molar-refractivity contribution in [1.29, 1.82) is 0 Å². The van der Waals surface area contributed by atoms with E-state index >= 15 is 0 Å². The fourth-order valence-electron chi connectivity index (χ4n) is 0.491. The molecule has 0 heterocycles. The minimum atomic E-state index is 0.468. The van der Waals surface area contributed by atoms with Gasteiger partial charge in [0.15, 0.2) is 0 Å². The second-order valence-electron chi connectivity index (χ2n) is 3.20. The molecule has 0 bridgehead atoms. The first-order valence-corrected chi connectivity index (χ1v) is 4.59. The second kappa shape index (κ2) is 6.95. The van der Waals surface area contributed by atoms with Crippen LogP contribution in [-0.2, 0) is 0 Å². The van der Waals surface area contributed by atoms with Crippen molar-refractivity contribution >= 4 is 5.71 Å². The molecule has 0 spiro atoms. The average molecular weight is 169 g/mol. The van der Waals surface area contributed by atoms with Crippen LogP contribution < -0.4 is 0 Å². The van der Waals surface area contributed by atoms with Crippen LogP contribution in [0.5, 0.6) is 0 Å². The molecule has 70 valence electrons. The highest BCUT2D eigenvalue weighted by Crippen LogP contribution is 1.97. The van der Waals surface area contributed by atoms with Gasteiger partial charge < -0.3 is 0 Å². The topological polar surface area (TPSA) is 37.1 Å². The van der Waals surface area contributed by atoms with Crippen molar-refractivity contribution in [3.8, 4) is 0 Å². The quantitative estimate of drug-likeness (QED) is 0.262. The molecule has 0 amide bonds. The van der Waals surface area contributed by atoms with Crippen LogP contribution in [0.3, 0.4) is 0 Å². The Balaban J connectivity index is 3.63. The van der Waals surface area contributed by atoms with E-state index in [9.17, 15) is 0 Å². The van der Waals surface area contributed by atoms with Gasteiger partial charge in [-0.25, -0.2) is 0 Å². The van der Waals surface area contributed by atoms with Gasteiger partial charge >= 0.3 is 0 Å². The molecule has 0 aliphatic heterocycles. The molecule has 0 aliphatic carbocycles. The van der Waals surface area contributed by atoms with Crippen LogP contribution >= 0.6 is 0 Å². The van der Waals surface area contributed by atoms with Crippen molar-refractivity contribution < 1.29 is 0 Å². The maximum atomic E-state index is 3.97. The minimum absolute atomic E-state index is 0.468. The number of hydrogen-bond acceptors (Lipinski definition) is 2.